The number of Topliss-reactive ketones (excluding diaryl/α,β-unsaturated/α-hetero) is 1. The van der Waals surface area contributed by atoms with Crippen LogP contribution in [0.25, 0.3) is 0 Å². The van der Waals surface area contributed by atoms with Gasteiger partial charge in [-0.3, -0.25) is 14.4 Å². The summed E-state index contributed by atoms with van der Waals surface area (Å²) in [6.45, 7) is 8.29. The van der Waals surface area contributed by atoms with Crippen LogP contribution in [0.4, 0.5) is 0 Å². The zero-order valence-corrected chi connectivity index (χ0v) is 16.2. The van der Waals surface area contributed by atoms with Gasteiger partial charge < -0.3 is 14.2 Å². The van der Waals surface area contributed by atoms with E-state index < -0.39 is 29.6 Å². The van der Waals surface area contributed by atoms with E-state index in [9.17, 15) is 14.4 Å². The third-order valence-electron chi connectivity index (χ3n) is 4.82. The summed E-state index contributed by atoms with van der Waals surface area (Å²) >= 11 is 0. The third kappa shape index (κ3) is 3.96. The van der Waals surface area contributed by atoms with Crippen molar-refractivity contribution >= 4 is 17.7 Å². The van der Waals surface area contributed by atoms with Gasteiger partial charge in [-0.1, -0.05) is 12.1 Å². The second kappa shape index (κ2) is 7.58. The molecule has 0 saturated heterocycles. The molecule has 2 atom stereocenters. The molecule has 0 fully saturated rings. The number of methoxy groups -OCH3 is 1. The van der Waals surface area contributed by atoms with Gasteiger partial charge in [-0.25, -0.2) is 0 Å². The smallest absolute Gasteiger partial charge is 0.303 e. The first kappa shape index (κ1) is 20.1. The molecule has 0 bridgehead atoms. The number of esters is 2. The Hall–Kier alpha value is -2.21. The predicted octanol–water partition coefficient (Wildman–Crippen LogP) is 2.77. The fourth-order valence-corrected chi connectivity index (χ4v) is 3.67. The number of fused-ring (bicyclic) bond motifs is 1. The maximum Gasteiger partial charge on any atom is 0.303 e. The van der Waals surface area contributed by atoms with Gasteiger partial charge in [0, 0.05) is 32.4 Å². The van der Waals surface area contributed by atoms with Crippen molar-refractivity contribution in [3.8, 4) is 0 Å². The van der Waals surface area contributed by atoms with E-state index in [1.54, 1.807) is 21.0 Å². The van der Waals surface area contributed by atoms with Crippen LogP contribution in [-0.4, -0.2) is 36.5 Å². The molecule has 6 heteroatoms. The Morgan fingerprint density at radius 1 is 1.19 bits per heavy atom. The van der Waals surface area contributed by atoms with Gasteiger partial charge in [-0.2, -0.15) is 0 Å². The van der Waals surface area contributed by atoms with E-state index in [1.807, 2.05) is 19.1 Å². The van der Waals surface area contributed by atoms with Crippen LogP contribution in [0.3, 0.4) is 0 Å². The highest BCUT2D eigenvalue weighted by Gasteiger charge is 2.48. The first-order valence-electron chi connectivity index (χ1n) is 8.59. The van der Waals surface area contributed by atoms with E-state index >= 15 is 0 Å². The summed E-state index contributed by atoms with van der Waals surface area (Å²) in [6.07, 6.45) is -0.547. The van der Waals surface area contributed by atoms with E-state index in [2.05, 4.69) is 0 Å². The van der Waals surface area contributed by atoms with Crippen LogP contribution in [0, 0.1) is 12.8 Å². The number of hydrogen-bond acceptors (Lipinski definition) is 6. The van der Waals surface area contributed by atoms with Crippen molar-refractivity contribution < 1.29 is 28.6 Å². The Kier molecular flexibility index (Phi) is 5.86. The monoisotopic (exact) mass is 362 g/mol. The van der Waals surface area contributed by atoms with Gasteiger partial charge in [0.1, 0.15) is 5.60 Å². The van der Waals surface area contributed by atoms with Crippen LogP contribution in [0.5, 0.6) is 0 Å². The molecule has 1 aliphatic carbocycles. The van der Waals surface area contributed by atoms with Gasteiger partial charge in [-0.05, 0) is 43.9 Å². The zero-order chi connectivity index (χ0) is 19.6. The van der Waals surface area contributed by atoms with Crippen LogP contribution in [0.1, 0.15) is 54.7 Å². The van der Waals surface area contributed by atoms with E-state index in [0.717, 1.165) is 16.7 Å². The first-order valence-corrected chi connectivity index (χ1v) is 8.59. The molecular formula is C20H26O6. The van der Waals surface area contributed by atoms with Gasteiger partial charge in [0.05, 0.1) is 6.61 Å². The average molecular weight is 362 g/mol. The molecule has 26 heavy (non-hydrogen) atoms. The summed E-state index contributed by atoms with van der Waals surface area (Å²) in [6, 6.07) is 3.81. The number of hydrogen-bond donors (Lipinski definition) is 0. The fraction of sp³-hybridized carbons (Fsp3) is 0.550. The lowest BCUT2D eigenvalue weighted by atomic mass is 9.71. The van der Waals surface area contributed by atoms with Crippen molar-refractivity contribution in [3.63, 3.8) is 0 Å². The number of carbonyl (C=O) groups excluding carboxylic acids is 3. The molecular weight excluding hydrogens is 336 g/mol. The highest BCUT2D eigenvalue weighted by molar-refractivity contribution is 6.04. The summed E-state index contributed by atoms with van der Waals surface area (Å²) in [5.74, 6) is -1.75. The highest BCUT2D eigenvalue weighted by atomic mass is 16.6. The molecule has 0 N–H and O–H groups in total. The first-order chi connectivity index (χ1) is 12.1. The molecule has 0 saturated carbocycles. The van der Waals surface area contributed by atoms with E-state index in [-0.39, 0.29) is 5.78 Å². The van der Waals surface area contributed by atoms with Crippen molar-refractivity contribution in [1.82, 2.24) is 0 Å². The molecule has 6 nitrogen and oxygen atoms in total. The summed E-state index contributed by atoms with van der Waals surface area (Å²) in [7, 11) is 1.57. The zero-order valence-electron chi connectivity index (χ0n) is 16.2. The second-order valence-corrected chi connectivity index (χ2v) is 7.23. The van der Waals surface area contributed by atoms with Gasteiger partial charge in [0.2, 0.25) is 5.78 Å². The minimum atomic E-state index is -1.01. The Bertz CT molecular complexity index is 734. The molecule has 0 radical (unpaired) electrons. The fourth-order valence-electron chi connectivity index (χ4n) is 3.67. The Labute approximate surface area is 153 Å². The molecule has 142 valence electrons. The van der Waals surface area contributed by atoms with Gasteiger partial charge in [-0.15, -0.1) is 0 Å². The second-order valence-electron chi connectivity index (χ2n) is 7.23. The molecule has 0 spiro atoms. The molecule has 0 aliphatic heterocycles. The third-order valence-corrected chi connectivity index (χ3v) is 4.82. The molecule has 0 heterocycles. The number of ether oxygens (including phenoxy) is 3. The molecule has 1 aromatic carbocycles. The predicted molar refractivity (Wildman–Crippen MR) is 94.8 cm³/mol. The van der Waals surface area contributed by atoms with E-state index in [1.165, 1.54) is 13.8 Å². The molecule has 0 amide bonds. The minimum absolute atomic E-state index is 0.276. The standard InChI is InChI=1S/C20H26O6/c1-11-7-8-14(10-24-6)17-15(11)9-16(20(4,5)26-13(3)22)19(18(17)23)25-12(2)21/h7-8,16,19H,9-10H2,1-6H3/t16-,19+/m0/s1. The Balaban J connectivity index is 2.59. The van der Waals surface area contributed by atoms with E-state index in [0.29, 0.717) is 18.6 Å². The van der Waals surface area contributed by atoms with Crippen molar-refractivity contribution in [2.24, 2.45) is 5.92 Å². The molecule has 1 aromatic rings. The molecule has 2 rings (SSSR count). The number of rotatable bonds is 5. The summed E-state index contributed by atoms with van der Waals surface area (Å²) in [5, 5.41) is 0. The van der Waals surface area contributed by atoms with Crippen LogP contribution < -0.4 is 0 Å². The summed E-state index contributed by atoms with van der Waals surface area (Å²) < 4.78 is 16.1. The average Bonchev–Trinajstić information content (AvgIpc) is 2.50. The molecule has 0 unspecified atom stereocenters. The van der Waals surface area contributed by atoms with Gasteiger partial charge in [0.15, 0.2) is 6.10 Å². The largest absolute Gasteiger partial charge is 0.459 e. The van der Waals surface area contributed by atoms with Crippen molar-refractivity contribution in [2.75, 3.05) is 7.11 Å². The highest BCUT2D eigenvalue weighted by Crippen LogP contribution is 2.39. The number of benzene rings is 1. The quantitative estimate of drug-likeness (QED) is 0.750. The van der Waals surface area contributed by atoms with Crippen molar-refractivity contribution in [1.29, 1.82) is 0 Å². The maximum absolute atomic E-state index is 13.3. The Morgan fingerprint density at radius 3 is 2.38 bits per heavy atom. The van der Waals surface area contributed by atoms with Crippen LogP contribution in [-0.2, 0) is 36.8 Å². The number of ketones is 1. The van der Waals surface area contributed by atoms with Crippen LogP contribution in [0.2, 0.25) is 0 Å². The number of carbonyl (C=O) groups is 3. The maximum atomic E-state index is 13.3. The van der Waals surface area contributed by atoms with Gasteiger partial charge in [0.25, 0.3) is 0 Å². The lowest BCUT2D eigenvalue weighted by Crippen LogP contribution is -2.51. The summed E-state index contributed by atoms with van der Waals surface area (Å²) in [5.41, 5.74) is 2.20. The normalized spacial score (nSPS) is 19.7. The minimum Gasteiger partial charge on any atom is -0.459 e. The molecule has 1 aliphatic rings. The number of aryl methyl sites for hydroxylation is 1. The molecule has 0 aromatic heterocycles. The topological polar surface area (TPSA) is 78.9 Å². The summed E-state index contributed by atoms with van der Waals surface area (Å²) in [4.78, 5) is 36.4. The van der Waals surface area contributed by atoms with Crippen LogP contribution in [0.15, 0.2) is 12.1 Å². The lowest BCUT2D eigenvalue weighted by molar-refractivity contribution is -0.167. The lowest BCUT2D eigenvalue weighted by Gasteiger charge is -2.41. The van der Waals surface area contributed by atoms with Crippen LogP contribution >= 0.6 is 0 Å². The van der Waals surface area contributed by atoms with E-state index in [4.69, 9.17) is 14.2 Å². The van der Waals surface area contributed by atoms with Crippen molar-refractivity contribution in [2.45, 2.75) is 59.4 Å². The SMILES string of the molecule is COCc1ccc(C)c2c1C(=O)[C@H](OC(C)=O)[C@@H](C(C)(C)OC(C)=O)C2. The Morgan fingerprint density at radius 2 is 1.85 bits per heavy atom. The van der Waals surface area contributed by atoms with Crippen molar-refractivity contribution in [3.05, 3.63) is 34.4 Å². The van der Waals surface area contributed by atoms with Gasteiger partial charge >= 0.3 is 11.9 Å².